The van der Waals surface area contributed by atoms with Gasteiger partial charge in [-0.3, -0.25) is 0 Å². The summed E-state index contributed by atoms with van der Waals surface area (Å²) in [6.45, 7) is 2.92. The van der Waals surface area contributed by atoms with Crippen molar-refractivity contribution >= 4 is 0 Å². The molecule has 100 valence electrons. The van der Waals surface area contributed by atoms with E-state index in [4.69, 9.17) is 10.5 Å². The Hall–Kier alpha value is -0.0800. The molecule has 0 aliphatic heterocycles. The molecule has 0 spiro atoms. The molecule has 2 heteroatoms. The Labute approximate surface area is 106 Å². The lowest BCUT2D eigenvalue weighted by atomic mass is 9.81. The molecule has 0 aromatic carbocycles. The molecule has 2 N–H and O–H groups in total. The van der Waals surface area contributed by atoms with Crippen molar-refractivity contribution < 1.29 is 4.74 Å². The minimum absolute atomic E-state index is 0.277. The van der Waals surface area contributed by atoms with E-state index in [1.807, 2.05) is 0 Å². The van der Waals surface area contributed by atoms with Crippen molar-refractivity contribution in [2.24, 2.45) is 17.6 Å². The van der Waals surface area contributed by atoms with Gasteiger partial charge >= 0.3 is 0 Å². The first kappa shape index (κ1) is 13.4. The fraction of sp³-hybridized carbons (Fsp3) is 1.00. The maximum absolute atomic E-state index is 6.39. The molecule has 2 unspecified atom stereocenters. The summed E-state index contributed by atoms with van der Waals surface area (Å²) in [6.07, 6.45) is 12.6. The molecule has 0 amide bonds. The molecular formula is C15H29NO. The number of rotatable bonds is 7. The second-order valence-corrected chi connectivity index (χ2v) is 6.00. The van der Waals surface area contributed by atoms with E-state index in [-0.39, 0.29) is 6.04 Å². The summed E-state index contributed by atoms with van der Waals surface area (Å²) in [7, 11) is 0. The third-order valence-electron chi connectivity index (χ3n) is 4.50. The highest BCUT2D eigenvalue weighted by Gasteiger charge is 2.30. The second kappa shape index (κ2) is 6.75. The van der Waals surface area contributed by atoms with Crippen molar-refractivity contribution in [2.75, 3.05) is 6.61 Å². The maximum Gasteiger partial charge on any atom is 0.0753 e. The Bertz CT molecular complexity index is 209. The Morgan fingerprint density at radius 2 is 1.82 bits per heavy atom. The Morgan fingerprint density at radius 1 is 1.12 bits per heavy atom. The molecule has 17 heavy (non-hydrogen) atoms. The Morgan fingerprint density at radius 3 is 2.41 bits per heavy atom. The van der Waals surface area contributed by atoms with Gasteiger partial charge in [0.2, 0.25) is 0 Å². The van der Waals surface area contributed by atoms with Gasteiger partial charge in [-0.1, -0.05) is 32.1 Å². The summed E-state index contributed by atoms with van der Waals surface area (Å²) in [5, 5.41) is 0. The molecule has 0 aromatic rings. The van der Waals surface area contributed by atoms with E-state index in [0.29, 0.717) is 6.10 Å². The molecule has 2 aliphatic rings. The first-order valence-corrected chi connectivity index (χ1v) is 7.68. The fourth-order valence-corrected chi connectivity index (χ4v) is 3.26. The molecule has 2 nitrogen and oxygen atoms in total. The Kier molecular flexibility index (Phi) is 5.30. The van der Waals surface area contributed by atoms with Gasteiger partial charge in [0.25, 0.3) is 0 Å². The van der Waals surface area contributed by atoms with Gasteiger partial charge in [0, 0.05) is 12.6 Å². The summed E-state index contributed by atoms with van der Waals surface area (Å²) >= 11 is 0. The minimum Gasteiger partial charge on any atom is -0.377 e. The highest BCUT2D eigenvalue weighted by Crippen LogP contribution is 2.35. The standard InChI is InChI=1S/C15H29NO/c1-2-17-15(13-6-4-3-5-7-13)14(16)11-10-12-8-9-12/h12-15H,2-11,16H2,1H3. The SMILES string of the molecule is CCOC(C(N)CCC1CC1)C1CCCCC1. The third-order valence-corrected chi connectivity index (χ3v) is 4.50. The maximum atomic E-state index is 6.39. The van der Waals surface area contributed by atoms with E-state index in [9.17, 15) is 0 Å². The van der Waals surface area contributed by atoms with Crippen LogP contribution in [0.4, 0.5) is 0 Å². The monoisotopic (exact) mass is 239 g/mol. The van der Waals surface area contributed by atoms with Gasteiger partial charge in [-0.2, -0.15) is 0 Å². The van der Waals surface area contributed by atoms with Crippen LogP contribution in [0, 0.1) is 11.8 Å². The average molecular weight is 239 g/mol. The zero-order valence-electron chi connectivity index (χ0n) is 11.4. The lowest BCUT2D eigenvalue weighted by Crippen LogP contribution is -2.43. The highest BCUT2D eigenvalue weighted by atomic mass is 16.5. The zero-order chi connectivity index (χ0) is 12.1. The lowest BCUT2D eigenvalue weighted by Gasteiger charge is -2.34. The third kappa shape index (κ3) is 4.26. The van der Waals surface area contributed by atoms with Crippen LogP contribution in [0.3, 0.4) is 0 Å². The van der Waals surface area contributed by atoms with Gasteiger partial charge in [-0.25, -0.2) is 0 Å². The molecule has 0 bridgehead atoms. The van der Waals surface area contributed by atoms with Gasteiger partial charge in [-0.05, 0) is 44.4 Å². The summed E-state index contributed by atoms with van der Waals surface area (Å²) in [5.74, 6) is 1.73. The van der Waals surface area contributed by atoms with Crippen LogP contribution in [0.5, 0.6) is 0 Å². The topological polar surface area (TPSA) is 35.2 Å². The van der Waals surface area contributed by atoms with E-state index >= 15 is 0 Å². The van der Waals surface area contributed by atoms with Gasteiger partial charge in [0.1, 0.15) is 0 Å². The van der Waals surface area contributed by atoms with E-state index in [2.05, 4.69) is 6.92 Å². The van der Waals surface area contributed by atoms with Crippen molar-refractivity contribution in [3.8, 4) is 0 Å². The van der Waals surface area contributed by atoms with Crippen LogP contribution in [-0.4, -0.2) is 18.8 Å². The summed E-state index contributed by atoms with van der Waals surface area (Å²) in [6, 6.07) is 0.277. The van der Waals surface area contributed by atoms with Crippen LogP contribution in [0.2, 0.25) is 0 Å². The molecule has 2 rings (SSSR count). The van der Waals surface area contributed by atoms with Crippen LogP contribution in [-0.2, 0) is 4.74 Å². The van der Waals surface area contributed by atoms with Gasteiger partial charge in [0.05, 0.1) is 6.10 Å². The first-order chi connectivity index (χ1) is 8.31. The molecular weight excluding hydrogens is 210 g/mol. The molecule has 2 aliphatic carbocycles. The second-order valence-electron chi connectivity index (χ2n) is 6.00. The molecule has 0 radical (unpaired) electrons. The molecule has 2 saturated carbocycles. The van der Waals surface area contributed by atoms with Crippen LogP contribution in [0.1, 0.15) is 64.7 Å². The molecule has 0 heterocycles. The summed E-state index contributed by atoms with van der Waals surface area (Å²) in [4.78, 5) is 0. The normalized spacial score (nSPS) is 25.8. The smallest absolute Gasteiger partial charge is 0.0753 e. The number of hydrogen-bond donors (Lipinski definition) is 1. The fourth-order valence-electron chi connectivity index (χ4n) is 3.26. The van der Waals surface area contributed by atoms with Gasteiger partial charge in [0.15, 0.2) is 0 Å². The average Bonchev–Trinajstić information content (AvgIpc) is 3.18. The summed E-state index contributed by atoms with van der Waals surface area (Å²) < 4.78 is 5.97. The van der Waals surface area contributed by atoms with Crippen LogP contribution < -0.4 is 5.73 Å². The minimum atomic E-state index is 0.277. The summed E-state index contributed by atoms with van der Waals surface area (Å²) in [5.41, 5.74) is 6.39. The van der Waals surface area contributed by atoms with Crippen molar-refractivity contribution in [1.82, 2.24) is 0 Å². The quantitative estimate of drug-likeness (QED) is 0.738. The van der Waals surface area contributed by atoms with Gasteiger partial charge < -0.3 is 10.5 Å². The highest BCUT2D eigenvalue weighted by molar-refractivity contribution is 4.85. The number of ether oxygens (including phenoxy) is 1. The predicted molar refractivity (Wildman–Crippen MR) is 71.9 cm³/mol. The van der Waals surface area contributed by atoms with Crippen molar-refractivity contribution in [3.63, 3.8) is 0 Å². The largest absolute Gasteiger partial charge is 0.377 e. The predicted octanol–water partition coefficient (Wildman–Crippen LogP) is 3.49. The zero-order valence-corrected chi connectivity index (χ0v) is 11.4. The van der Waals surface area contributed by atoms with Crippen LogP contribution in [0.25, 0.3) is 0 Å². The van der Waals surface area contributed by atoms with Crippen molar-refractivity contribution in [3.05, 3.63) is 0 Å². The van der Waals surface area contributed by atoms with Gasteiger partial charge in [-0.15, -0.1) is 0 Å². The van der Waals surface area contributed by atoms with E-state index in [1.165, 1.54) is 57.8 Å². The number of nitrogens with two attached hydrogens (primary N) is 1. The Balaban J connectivity index is 1.79. The molecule has 0 saturated heterocycles. The number of hydrogen-bond acceptors (Lipinski definition) is 2. The molecule has 0 aromatic heterocycles. The van der Waals surface area contributed by atoms with Crippen molar-refractivity contribution in [2.45, 2.75) is 76.9 Å². The van der Waals surface area contributed by atoms with Crippen LogP contribution in [0.15, 0.2) is 0 Å². The molecule has 2 fully saturated rings. The van der Waals surface area contributed by atoms with E-state index in [1.54, 1.807) is 0 Å². The first-order valence-electron chi connectivity index (χ1n) is 7.68. The van der Waals surface area contributed by atoms with E-state index in [0.717, 1.165) is 18.4 Å². The van der Waals surface area contributed by atoms with E-state index < -0.39 is 0 Å². The lowest BCUT2D eigenvalue weighted by molar-refractivity contribution is -0.0114. The van der Waals surface area contributed by atoms with Crippen LogP contribution >= 0.6 is 0 Å². The molecule has 2 atom stereocenters. The van der Waals surface area contributed by atoms with Crippen molar-refractivity contribution in [1.29, 1.82) is 0 Å².